The predicted molar refractivity (Wildman–Crippen MR) is 159 cm³/mol. The fourth-order valence-corrected chi connectivity index (χ4v) is 8.24. The molecule has 41 heavy (non-hydrogen) atoms. The van der Waals surface area contributed by atoms with E-state index >= 15 is 0 Å². The van der Waals surface area contributed by atoms with Crippen molar-refractivity contribution in [2.75, 3.05) is 19.4 Å². The Hall–Kier alpha value is -2.68. The smallest absolute Gasteiger partial charge is 0.238 e. The monoisotopic (exact) mass is 597 g/mol. The van der Waals surface area contributed by atoms with Crippen LogP contribution in [0, 0.1) is 11.3 Å². The maximum absolute atomic E-state index is 14.5. The van der Waals surface area contributed by atoms with E-state index in [2.05, 4.69) is 34.8 Å². The number of hydrogen-bond donors (Lipinski definition) is 3. The van der Waals surface area contributed by atoms with Gasteiger partial charge in [0.05, 0.1) is 6.04 Å². The molecule has 2 aromatic rings. The van der Waals surface area contributed by atoms with Crippen LogP contribution >= 0.6 is 23.2 Å². The molecule has 2 aliphatic carbocycles. The molecule has 2 spiro atoms. The van der Waals surface area contributed by atoms with Crippen LogP contribution < -0.4 is 16.0 Å². The molecule has 6 rings (SSSR count). The maximum atomic E-state index is 14.5. The number of halogens is 2. The van der Waals surface area contributed by atoms with Gasteiger partial charge in [0.15, 0.2) is 0 Å². The molecule has 10 heteroatoms. The van der Waals surface area contributed by atoms with Gasteiger partial charge in [-0.2, -0.15) is 0 Å². The maximum Gasteiger partial charge on any atom is 0.238 e. The van der Waals surface area contributed by atoms with Crippen molar-refractivity contribution in [1.29, 1.82) is 0 Å². The summed E-state index contributed by atoms with van der Waals surface area (Å²) in [5, 5.41) is 11.0. The highest BCUT2D eigenvalue weighted by atomic mass is 35.5. The summed E-state index contributed by atoms with van der Waals surface area (Å²) < 4.78 is 0. The fraction of sp³-hybridized carbons (Fsp3) is 0.548. The van der Waals surface area contributed by atoms with Gasteiger partial charge < -0.3 is 15.5 Å². The number of carbonyl (C=O) groups is 3. The summed E-state index contributed by atoms with van der Waals surface area (Å²) in [5.74, 6) is -0.849. The number of aromatic nitrogens is 1. The van der Waals surface area contributed by atoms with Gasteiger partial charge in [-0.3, -0.25) is 19.7 Å². The van der Waals surface area contributed by atoms with E-state index in [9.17, 15) is 14.4 Å². The number of fused-ring (bicyclic) bond motifs is 3. The Labute approximate surface area is 250 Å². The van der Waals surface area contributed by atoms with Gasteiger partial charge >= 0.3 is 0 Å². The largest absolute Gasteiger partial charge is 0.352 e. The molecule has 0 unspecified atom stereocenters. The summed E-state index contributed by atoms with van der Waals surface area (Å²) in [7, 11) is 3.51. The number of hydrogen-bond acceptors (Lipinski definition) is 5. The fourth-order valence-electron chi connectivity index (χ4n) is 7.89. The lowest BCUT2D eigenvalue weighted by Gasteiger charge is -2.50. The minimum atomic E-state index is -1.07. The SMILES string of the molecule is CN(C)C(=O)[C@H]1C[C@H](NC(=O)[C@@H]2NC3(CCC(C)(C)CC3)[C@@]3(C(=O)Nc4cc(Cl)ccc43)[C@H]2c2ccnc(Cl)c2)C1. The van der Waals surface area contributed by atoms with Gasteiger partial charge in [-0.15, -0.1) is 0 Å². The van der Waals surface area contributed by atoms with Crippen molar-refractivity contribution in [2.45, 2.75) is 81.3 Å². The van der Waals surface area contributed by atoms with Crippen molar-refractivity contribution in [3.05, 3.63) is 57.8 Å². The first kappa shape index (κ1) is 28.4. The van der Waals surface area contributed by atoms with E-state index in [0.29, 0.717) is 28.7 Å². The van der Waals surface area contributed by atoms with E-state index in [1.165, 1.54) is 0 Å². The van der Waals surface area contributed by atoms with Gasteiger partial charge in [-0.25, -0.2) is 4.98 Å². The molecule has 1 aromatic carbocycles. The number of rotatable bonds is 4. The number of benzene rings is 1. The molecule has 0 radical (unpaired) electrons. The van der Waals surface area contributed by atoms with Crippen LogP contribution in [0.2, 0.25) is 10.2 Å². The van der Waals surface area contributed by atoms with Gasteiger partial charge in [-0.1, -0.05) is 43.1 Å². The third-order valence-electron chi connectivity index (χ3n) is 10.1. The number of anilines is 1. The molecule has 8 nitrogen and oxygen atoms in total. The Balaban J connectivity index is 1.45. The standard InChI is InChI=1S/C31H37Cl2N5O3/c1-29(2)8-10-30(11-9-29)31(21-6-5-19(32)16-22(21)36-28(31)41)24(17-7-12-34-23(33)15-17)25(37-30)26(39)35-20-13-18(14-20)27(40)38(3)4/h5-7,12,15-16,18,20,24-25,37H,8-11,13-14H2,1-4H3,(H,35,39)(H,36,41)/t18-,20-,24-,25+,31+/m0/s1. The lowest BCUT2D eigenvalue weighted by molar-refractivity contribution is -0.138. The highest BCUT2D eigenvalue weighted by Gasteiger charge is 2.72. The lowest BCUT2D eigenvalue weighted by Crippen LogP contribution is -2.61. The highest BCUT2D eigenvalue weighted by Crippen LogP contribution is 2.63. The Kier molecular flexibility index (Phi) is 6.91. The summed E-state index contributed by atoms with van der Waals surface area (Å²) in [6, 6.07) is 8.40. The van der Waals surface area contributed by atoms with Crippen molar-refractivity contribution >= 4 is 46.6 Å². The van der Waals surface area contributed by atoms with Gasteiger partial charge in [0.25, 0.3) is 0 Å². The molecule has 3 amide bonds. The summed E-state index contributed by atoms with van der Waals surface area (Å²) in [5.41, 5.74) is 0.709. The van der Waals surface area contributed by atoms with Crippen molar-refractivity contribution < 1.29 is 14.4 Å². The van der Waals surface area contributed by atoms with E-state index in [4.69, 9.17) is 23.2 Å². The van der Waals surface area contributed by atoms with Gasteiger partial charge in [0, 0.05) is 54.4 Å². The van der Waals surface area contributed by atoms with Crippen molar-refractivity contribution in [2.24, 2.45) is 11.3 Å². The molecular weight excluding hydrogens is 561 g/mol. The van der Waals surface area contributed by atoms with E-state index in [-0.39, 0.29) is 35.1 Å². The van der Waals surface area contributed by atoms with Crippen LogP contribution in [0.15, 0.2) is 36.5 Å². The van der Waals surface area contributed by atoms with Crippen LogP contribution in [0.4, 0.5) is 5.69 Å². The van der Waals surface area contributed by atoms with Crippen LogP contribution in [-0.4, -0.2) is 59.3 Å². The quantitative estimate of drug-likeness (QED) is 0.445. The van der Waals surface area contributed by atoms with Gasteiger partial charge in [0.2, 0.25) is 17.7 Å². The van der Waals surface area contributed by atoms with Crippen LogP contribution in [0.25, 0.3) is 0 Å². The van der Waals surface area contributed by atoms with Gasteiger partial charge in [-0.05, 0) is 79.3 Å². The predicted octanol–water partition coefficient (Wildman–Crippen LogP) is 4.66. The first-order valence-corrected chi connectivity index (χ1v) is 15.1. The summed E-state index contributed by atoms with van der Waals surface area (Å²) in [6.07, 6.45) is 6.13. The topological polar surface area (TPSA) is 103 Å². The second-order valence-electron chi connectivity index (χ2n) is 13.3. The van der Waals surface area contributed by atoms with E-state index in [0.717, 1.165) is 36.8 Å². The number of nitrogens with zero attached hydrogens (tertiary/aromatic N) is 2. The van der Waals surface area contributed by atoms with Crippen molar-refractivity contribution in [3.8, 4) is 0 Å². The third-order valence-corrected chi connectivity index (χ3v) is 10.6. The molecule has 2 aliphatic heterocycles. The zero-order valence-electron chi connectivity index (χ0n) is 23.9. The Morgan fingerprint density at radius 3 is 2.41 bits per heavy atom. The molecule has 1 saturated heterocycles. The highest BCUT2D eigenvalue weighted by molar-refractivity contribution is 6.31. The normalized spacial score (nSPS) is 30.9. The van der Waals surface area contributed by atoms with Crippen molar-refractivity contribution in [3.63, 3.8) is 0 Å². The second kappa shape index (κ2) is 9.96. The number of pyridine rings is 1. The first-order chi connectivity index (χ1) is 19.4. The van der Waals surface area contributed by atoms with Crippen LogP contribution in [0.3, 0.4) is 0 Å². The summed E-state index contributed by atoms with van der Waals surface area (Å²) in [6.45, 7) is 4.52. The van der Waals surface area contributed by atoms with Crippen LogP contribution in [-0.2, 0) is 19.8 Å². The van der Waals surface area contributed by atoms with Crippen LogP contribution in [0.5, 0.6) is 0 Å². The summed E-state index contributed by atoms with van der Waals surface area (Å²) in [4.78, 5) is 46.9. The average molecular weight is 599 g/mol. The van der Waals surface area contributed by atoms with Crippen molar-refractivity contribution in [1.82, 2.24) is 20.5 Å². The van der Waals surface area contributed by atoms with E-state index < -0.39 is 22.9 Å². The average Bonchev–Trinajstić information content (AvgIpc) is 3.35. The third kappa shape index (κ3) is 4.45. The minimum absolute atomic E-state index is 0.0828. The van der Waals surface area contributed by atoms with Crippen LogP contribution in [0.1, 0.15) is 69.4 Å². The second-order valence-corrected chi connectivity index (χ2v) is 14.1. The number of amides is 3. The molecule has 4 aliphatic rings. The molecule has 0 bridgehead atoms. The Morgan fingerprint density at radius 1 is 1.05 bits per heavy atom. The Bertz CT molecular complexity index is 1410. The van der Waals surface area contributed by atoms with Gasteiger partial charge in [0.1, 0.15) is 10.6 Å². The zero-order chi connectivity index (χ0) is 29.3. The minimum Gasteiger partial charge on any atom is -0.352 e. The number of carbonyl (C=O) groups excluding carboxylic acids is 3. The zero-order valence-corrected chi connectivity index (χ0v) is 25.4. The molecule has 2 saturated carbocycles. The molecule has 3 N–H and O–H groups in total. The molecule has 3 atom stereocenters. The molecular formula is C31H37Cl2N5O3. The van der Waals surface area contributed by atoms with E-state index in [1.807, 2.05) is 18.2 Å². The molecule has 3 fully saturated rings. The molecule has 1 aromatic heterocycles. The van der Waals surface area contributed by atoms with E-state index in [1.54, 1.807) is 37.3 Å². The molecule has 3 heterocycles. The first-order valence-electron chi connectivity index (χ1n) is 14.4. The summed E-state index contributed by atoms with van der Waals surface area (Å²) >= 11 is 12.8. The lowest BCUT2D eigenvalue weighted by atomic mass is 9.53. The number of nitrogens with one attached hydrogen (secondary N) is 3. The molecule has 218 valence electrons. The Morgan fingerprint density at radius 2 is 1.76 bits per heavy atom.